The molecule has 0 aliphatic heterocycles. The Hall–Kier alpha value is -2.74. The van der Waals surface area contributed by atoms with Crippen LogP contribution in [0.2, 0.25) is 5.02 Å². The molecule has 0 heterocycles. The molecule has 3 aromatic carbocycles. The van der Waals surface area contributed by atoms with Crippen LogP contribution in [0.4, 0.5) is 30.7 Å². The van der Waals surface area contributed by atoms with Crippen LogP contribution in [0, 0.1) is 46.8 Å². The molecule has 0 radical (unpaired) electrons. The highest BCUT2D eigenvalue weighted by molar-refractivity contribution is 6.30. The van der Waals surface area contributed by atoms with Gasteiger partial charge in [-0.15, -0.1) is 0 Å². The summed E-state index contributed by atoms with van der Waals surface area (Å²) in [6.45, 7) is 2.24. The zero-order valence-electron chi connectivity index (χ0n) is 25.3. The number of alkyl halides is 2. The van der Waals surface area contributed by atoms with E-state index in [-0.39, 0.29) is 17.0 Å². The van der Waals surface area contributed by atoms with Crippen molar-refractivity contribution in [2.24, 2.45) is 17.8 Å². The second-order valence-electron chi connectivity index (χ2n) is 12.8. The summed E-state index contributed by atoms with van der Waals surface area (Å²) in [5.74, 6) is -5.39. The maximum atomic E-state index is 15.3. The first-order valence-electron chi connectivity index (χ1n) is 16.0. The van der Waals surface area contributed by atoms with Crippen molar-refractivity contribution in [3.05, 3.63) is 87.7 Å². The lowest BCUT2D eigenvalue weighted by molar-refractivity contribution is -0.189. The lowest BCUT2D eigenvalue weighted by Crippen LogP contribution is -2.25. The number of benzene rings is 3. The fraction of sp³-hybridized carbons (Fsp3) is 0.500. The number of hydrogen-bond donors (Lipinski definition) is 0. The summed E-state index contributed by atoms with van der Waals surface area (Å²) >= 11 is 5.34. The first-order valence-corrected chi connectivity index (χ1v) is 16.3. The Morgan fingerprint density at radius 1 is 0.711 bits per heavy atom. The maximum absolute atomic E-state index is 15.3. The SMILES string of the molecule is CCCCCC1CCC(C2CCC(c3ccc(-c4cc(F)c(C(F)(F)Oc5cc(F)c(Cl)c(F)c5)c(F)c4)c(F)c3)CC2)CC1. The molecule has 0 amide bonds. The third-order valence-electron chi connectivity index (χ3n) is 9.86. The summed E-state index contributed by atoms with van der Waals surface area (Å²) in [6.07, 6.45) is 10.00. The van der Waals surface area contributed by atoms with Crippen molar-refractivity contribution in [2.45, 2.75) is 96.0 Å². The highest BCUT2D eigenvalue weighted by Crippen LogP contribution is 2.45. The molecule has 1 nitrogen and oxygen atoms in total. The van der Waals surface area contributed by atoms with Crippen molar-refractivity contribution in [2.75, 3.05) is 0 Å². The Balaban J connectivity index is 1.22. The van der Waals surface area contributed by atoms with Crippen LogP contribution in [-0.4, -0.2) is 0 Å². The van der Waals surface area contributed by atoms with Crippen LogP contribution < -0.4 is 4.74 Å². The van der Waals surface area contributed by atoms with Crippen LogP contribution in [0.5, 0.6) is 5.75 Å². The Kier molecular flexibility index (Phi) is 10.7. The van der Waals surface area contributed by atoms with Gasteiger partial charge in [0.25, 0.3) is 0 Å². The zero-order valence-corrected chi connectivity index (χ0v) is 26.0. The van der Waals surface area contributed by atoms with Crippen LogP contribution >= 0.6 is 11.6 Å². The van der Waals surface area contributed by atoms with E-state index in [1.54, 1.807) is 6.07 Å². The van der Waals surface area contributed by atoms with Gasteiger partial charge in [0.15, 0.2) is 0 Å². The van der Waals surface area contributed by atoms with E-state index in [4.69, 9.17) is 11.6 Å². The summed E-state index contributed by atoms with van der Waals surface area (Å²) in [5, 5.41) is -0.946. The van der Waals surface area contributed by atoms with Crippen LogP contribution in [0.1, 0.15) is 101 Å². The summed E-state index contributed by atoms with van der Waals surface area (Å²) in [6, 6.07) is 6.42. The van der Waals surface area contributed by atoms with Gasteiger partial charge >= 0.3 is 6.11 Å². The van der Waals surface area contributed by atoms with Crippen molar-refractivity contribution in [1.29, 1.82) is 0 Å². The third kappa shape index (κ3) is 7.81. The largest absolute Gasteiger partial charge is 0.432 e. The molecule has 0 spiro atoms. The summed E-state index contributed by atoms with van der Waals surface area (Å²) < 4.78 is 106. The average molecular weight is 655 g/mol. The minimum Gasteiger partial charge on any atom is -0.429 e. The number of unbranched alkanes of at least 4 members (excludes halogenated alkanes) is 2. The Morgan fingerprint density at radius 3 is 1.84 bits per heavy atom. The molecule has 9 heteroatoms. The lowest BCUT2D eigenvalue weighted by Gasteiger charge is -2.38. The van der Waals surface area contributed by atoms with Gasteiger partial charge in [-0.3, -0.25) is 0 Å². The van der Waals surface area contributed by atoms with E-state index >= 15 is 4.39 Å². The molecule has 0 unspecified atom stereocenters. The molecule has 2 fully saturated rings. The normalized spacial score (nSPS) is 22.4. The highest BCUT2D eigenvalue weighted by Gasteiger charge is 2.42. The summed E-state index contributed by atoms with van der Waals surface area (Å²) in [7, 11) is 0. The van der Waals surface area contributed by atoms with Gasteiger partial charge in [-0.25, -0.2) is 22.0 Å². The number of halogens is 8. The van der Waals surface area contributed by atoms with Gasteiger partial charge in [0.2, 0.25) is 0 Å². The number of rotatable bonds is 10. The molecule has 0 atom stereocenters. The molecule has 244 valence electrons. The standard InChI is InChI=1S/C36H38ClF7O/c1-2-3-4-5-21-6-8-22(9-7-21)23-10-12-24(13-11-23)25-14-15-28(29(38)16-25)26-17-30(39)34(31(40)18-26)36(43,44)45-27-19-32(41)35(37)33(42)20-27/h14-24H,2-13H2,1H3. The van der Waals surface area contributed by atoms with Gasteiger partial charge in [-0.2, -0.15) is 8.78 Å². The number of ether oxygens (including phenoxy) is 1. The topological polar surface area (TPSA) is 9.23 Å². The molecule has 45 heavy (non-hydrogen) atoms. The second kappa shape index (κ2) is 14.4. The third-order valence-corrected chi connectivity index (χ3v) is 10.2. The van der Waals surface area contributed by atoms with E-state index in [0.717, 1.165) is 43.1 Å². The Morgan fingerprint density at radius 2 is 1.29 bits per heavy atom. The van der Waals surface area contributed by atoms with Gasteiger partial charge in [-0.05, 0) is 91.5 Å². The Bertz CT molecular complexity index is 1430. The van der Waals surface area contributed by atoms with E-state index in [1.165, 1.54) is 63.5 Å². The predicted molar refractivity (Wildman–Crippen MR) is 162 cm³/mol. The average Bonchev–Trinajstić information content (AvgIpc) is 2.99. The molecule has 2 aliphatic carbocycles. The fourth-order valence-electron chi connectivity index (χ4n) is 7.37. The van der Waals surface area contributed by atoms with E-state index in [2.05, 4.69) is 11.7 Å². The maximum Gasteiger partial charge on any atom is 0.432 e. The molecule has 0 saturated heterocycles. The lowest BCUT2D eigenvalue weighted by atomic mass is 9.68. The molecular weight excluding hydrogens is 617 g/mol. The molecule has 0 bridgehead atoms. The number of hydrogen-bond acceptors (Lipinski definition) is 1. The van der Waals surface area contributed by atoms with E-state index in [9.17, 15) is 26.3 Å². The highest BCUT2D eigenvalue weighted by atomic mass is 35.5. The zero-order chi connectivity index (χ0) is 32.3. The van der Waals surface area contributed by atoms with Crippen molar-refractivity contribution in [1.82, 2.24) is 0 Å². The first-order chi connectivity index (χ1) is 21.5. The van der Waals surface area contributed by atoms with Crippen molar-refractivity contribution >= 4 is 11.6 Å². The van der Waals surface area contributed by atoms with Gasteiger partial charge in [0.05, 0.1) is 0 Å². The minimum absolute atomic E-state index is 0.140. The van der Waals surface area contributed by atoms with E-state index in [0.29, 0.717) is 30.2 Å². The minimum atomic E-state index is -4.64. The van der Waals surface area contributed by atoms with Crippen molar-refractivity contribution in [3.8, 4) is 16.9 Å². The van der Waals surface area contributed by atoms with E-state index < -0.39 is 51.5 Å². The van der Waals surface area contributed by atoms with Gasteiger partial charge in [0, 0.05) is 17.7 Å². The van der Waals surface area contributed by atoms with Crippen molar-refractivity contribution < 1.29 is 35.5 Å². The molecule has 5 rings (SSSR count). The molecule has 2 aliphatic rings. The summed E-state index contributed by atoms with van der Waals surface area (Å²) in [4.78, 5) is 0. The smallest absolute Gasteiger partial charge is 0.429 e. The molecule has 0 aromatic heterocycles. The van der Waals surface area contributed by atoms with Crippen LogP contribution in [0.15, 0.2) is 42.5 Å². The van der Waals surface area contributed by atoms with Crippen LogP contribution in [-0.2, 0) is 6.11 Å². The first kappa shape index (κ1) is 33.6. The molecule has 0 N–H and O–H groups in total. The van der Waals surface area contributed by atoms with Gasteiger partial charge < -0.3 is 4.74 Å². The summed E-state index contributed by atoms with van der Waals surface area (Å²) in [5.41, 5.74) is -1.38. The monoisotopic (exact) mass is 654 g/mol. The van der Waals surface area contributed by atoms with Crippen LogP contribution in [0.25, 0.3) is 11.1 Å². The van der Waals surface area contributed by atoms with Gasteiger partial charge in [-0.1, -0.05) is 69.2 Å². The van der Waals surface area contributed by atoms with Crippen LogP contribution in [0.3, 0.4) is 0 Å². The second-order valence-corrected chi connectivity index (χ2v) is 13.1. The molecular formula is C36H38ClF7O. The molecule has 3 aromatic rings. The van der Waals surface area contributed by atoms with Gasteiger partial charge in [0.1, 0.15) is 45.4 Å². The Labute approximate surface area is 265 Å². The quantitative estimate of drug-likeness (QED) is 0.120. The predicted octanol–water partition coefficient (Wildman–Crippen LogP) is 12.5. The van der Waals surface area contributed by atoms with Crippen molar-refractivity contribution in [3.63, 3.8) is 0 Å². The van der Waals surface area contributed by atoms with E-state index in [1.807, 2.05) is 0 Å². The molecule has 2 saturated carbocycles. The fourth-order valence-corrected chi connectivity index (χ4v) is 7.48.